The monoisotopic (exact) mass is 424 g/mol. The number of likely N-dealkylation sites (N-methyl/N-ethyl adjacent to an activating group) is 1. The Morgan fingerprint density at radius 1 is 1.10 bits per heavy atom. The van der Waals surface area contributed by atoms with E-state index in [9.17, 15) is 4.79 Å². The third-order valence-electron chi connectivity index (χ3n) is 5.47. The zero-order chi connectivity index (χ0) is 22.2. The third kappa shape index (κ3) is 5.92. The number of H-pyrrole nitrogens is 1. The summed E-state index contributed by atoms with van der Waals surface area (Å²) in [6, 6.07) is 11.8. The average molecular weight is 425 g/mol. The van der Waals surface area contributed by atoms with Crippen LogP contribution < -0.4 is 20.5 Å². The molecule has 7 heteroatoms. The number of carbonyl (C=O) groups excluding carboxylic acids is 1. The fourth-order valence-corrected chi connectivity index (χ4v) is 3.66. The first kappa shape index (κ1) is 22.5. The van der Waals surface area contributed by atoms with Gasteiger partial charge in [0.05, 0.1) is 20.6 Å². The molecule has 3 aromatic rings. The minimum atomic E-state index is -0.0552. The highest BCUT2D eigenvalue weighted by Crippen LogP contribution is 2.32. The number of carbonyl (C=O) groups is 1. The van der Waals surface area contributed by atoms with Gasteiger partial charge < -0.3 is 30.4 Å². The van der Waals surface area contributed by atoms with E-state index in [1.807, 2.05) is 6.07 Å². The number of nitrogen functional groups attached to an aromatic ring is 1. The highest BCUT2D eigenvalue weighted by molar-refractivity contribution is 5.83. The van der Waals surface area contributed by atoms with Crippen molar-refractivity contribution in [2.45, 2.75) is 19.3 Å². The van der Waals surface area contributed by atoms with Crippen molar-refractivity contribution < 1.29 is 14.3 Å². The third-order valence-corrected chi connectivity index (χ3v) is 5.47. The summed E-state index contributed by atoms with van der Waals surface area (Å²) in [5, 5.41) is 4.26. The van der Waals surface area contributed by atoms with Crippen LogP contribution in [0, 0.1) is 0 Å². The summed E-state index contributed by atoms with van der Waals surface area (Å²) >= 11 is 0. The number of fused-ring (bicyclic) bond motifs is 1. The Labute approximate surface area is 183 Å². The van der Waals surface area contributed by atoms with Crippen LogP contribution in [-0.4, -0.2) is 56.7 Å². The van der Waals surface area contributed by atoms with Crippen molar-refractivity contribution in [3.05, 3.63) is 53.7 Å². The van der Waals surface area contributed by atoms with E-state index >= 15 is 0 Å². The van der Waals surface area contributed by atoms with E-state index in [-0.39, 0.29) is 12.3 Å². The number of benzene rings is 2. The van der Waals surface area contributed by atoms with Crippen LogP contribution in [0.1, 0.15) is 17.5 Å². The van der Waals surface area contributed by atoms with Gasteiger partial charge >= 0.3 is 0 Å². The van der Waals surface area contributed by atoms with Gasteiger partial charge in [0.15, 0.2) is 11.5 Å². The second-order valence-corrected chi connectivity index (χ2v) is 7.70. The lowest BCUT2D eigenvalue weighted by atomic mass is 10.1. The van der Waals surface area contributed by atoms with Gasteiger partial charge in [0.25, 0.3) is 0 Å². The van der Waals surface area contributed by atoms with E-state index in [2.05, 4.69) is 46.6 Å². The lowest BCUT2D eigenvalue weighted by molar-refractivity contribution is -0.120. The molecule has 4 N–H and O–H groups in total. The van der Waals surface area contributed by atoms with Crippen molar-refractivity contribution in [2.75, 3.05) is 46.6 Å². The fraction of sp³-hybridized carbons (Fsp3) is 0.375. The highest BCUT2D eigenvalue weighted by Gasteiger charge is 2.12. The van der Waals surface area contributed by atoms with E-state index in [1.54, 1.807) is 26.4 Å². The number of para-hydroxylation sites is 1. The Hall–Kier alpha value is -3.19. The van der Waals surface area contributed by atoms with Gasteiger partial charge in [-0.05, 0) is 49.7 Å². The Bertz CT molecular complexity index is 1020. The van der Waals surface area contributed by atoms with Crippen LogP contribution in [0.15, 0.2) is 42.6 Å². The van der Waals surface area contributed by atoms with Crippen LogP contribution in [-0.2, 0) is 17.6 Å². The molecule has 0 saturated carbocycles. The van der Waals surface area contributed by atoms with Crippen molar-refractivity contribution in [1.29, 1.82) is 0 Å². The Morgan fingerprint density at radius 2 is 1.84 bits per heavy atom. The molecule has 0 aliphatic carbocycles. The lowest BCUT2D eigenvalue weighted by Gasteiger charge is -2.16. The molecular formula is C24H32N4O3. The Kier molecular flexibility index (Phi) is 7.78. The largest absolute Gasteiger partial charge is 0.493 e. The number of rotatable bonds is 11. The summed E-state index contributed by atoms with van der Waals surface area (Å²) in [6.45, 7) is 2.52. The van der Waals surface area contributed by atoms with E-state index in [0.29, 0.717) is 23.7 Å². The van der Waals surface area contributed by atoms with Crippen molar-refractivity contribution in [2.24, 2.45) is 0 Å². The summed E-state index contributed by atoms with van der Waals surface area (Å²) < 4.78 is 10.5. The van der Waals surface area contributed by atoms with Gasteiger partial charge in [0.2, 0.25) is 5.91 Å². The molecule has 166 valence electrons. The number of nitrogens with two attached hydrogens (primary N) is 1. The molecule has 1 aromatic heterocycles. The molecule has 0 aliphatic rings. The van der Waals surface area contributed by atoms with Gasteiger partial charge in [-0.2, -0.15) is 0 Å². The number of hydrogen-bond donors (Lipinski definition) is 3. The smallest absolute Gasteiger partial charge is 0.224 e. The van der Waals surface area contributed by atoms with Crippen LogP contribution in [0.2, 0.25) is 0 Å². The summed E-state index contributed by atoms with van der Waals surface area (Å²) in [5.41, 5.74) is 9.81. The van der Waals surface area contributed by atoms with Crippen LogP contribution >= 0.6 is 0 Å². The van der Waals surface area contributed by atoms with E-state index < -0.39 is 0 Å². The molecule has 0 atom stereocenters. The molecule has 1 amide bonds. The first-order chi connectivity index (χ1) is 15.0. The average Bonchev–Trinajstić information content (AvgIpc) is 3.19. The number of hydrogen-bond acceptors (Lipinski definition) is 5. The number of ether oxygens (including phenoxy) is 2. The molecule has 0 fully saturated rings. The zero-order valence-corrected chi connectivity index (χ0v) is 18.5. The zero-order valence-electron chi connectivity index (χ0n) is 18.5. The lowest BCUT2D eigenvalue weighted by Crippen LogP contribution is -2.30. The SMILES string of the molecule is COc1cc(N)c(CC(=O)NCCCN(C)CCc2c[nH]c3ccccc23)cc1OC. The van der Waals surface area contributed by atoms with Crippen LogP contribution in [0.5, 0.6) is 11.5 Å². The van der Waals surface area contributed by atoms with Crippen LogP contribution in [0.25, 0.3) is 10.9 Å². The molecule has 0 aliphatic heterocycles. The van der Waals surface area contributed by atoms with E-state index in [0.717, 1.165) is 31.5 Å². The van der Waals surface area contributed by atoms with E-state index in [1.165, 1.54) is 16.5 Å². The first-order valence-electron chi connectivity index (χ1n) is 10.5. The molecule has 0 saturated heterocycles. The van der Waals surface area contributed by atoms with Crippen molar-refractivity contribution in [3.63, 3.8) is 0 Å². The van der Waals surface area contributed by atoms with E-state index in [4.69, 9.17) is 15.2 Å². The molecule has 0 bridgehead atoms. The maximum absolute atomic E-state index is 12.3. The number of nitrogens with one attached hydrogen (secondary N) is 2. The van der Waals surface area contributed by atoms with Crippen molar-refractivity contribution >= 4 is 22.5 Å². The second-order valence-electron chi connectivity index (χ2n) is 7.70. The summed E-state index contributed by atoms with van der Waals surface area (Å²) in [5.74, 6) is 1.07. The maximum Gasteiger partial charge on any atom is 0.224 e. The predicted molar refractivity (Wildman–Crippen MR) is 125 cm³/mol. The number of nitrogens with zero attached hydrogens (tertiary/aromatic N) is 1. The van der Waals surface area contributed by atoms with Gasteiger partial charge in [-0.3, -0.25) is 4.79 Å². The molecule has 1 heterocycles. The van der Waals surface area contributed by atoms with Crippen molar-refractivity contribution in [3.8, 4) is 11.5 Å². The summed E-state index contributed by atoms with van der Waals surface area (Å²) in [4.78, 5) is 17.9. The maximum atomic E-state index is 12.3. The quantitative estimate of drug-likeness (QED) is 0.325. The molecule has 0 spiro atoms. The second kappa shape index (κ2) is 10.7. The van der Waals surface area contributed by atoms with Gasteiger partial charge in [-0.15, -0.1) is 0 Å². The minimum Gasteiger partial charge on any atom is -0.493 e. The molecule has 2 aromatic carbocycles. The fourth-order valence-electron chi connectivity index (χ4n) is 3.66. The number of aromatic nitrogens is 1. The minimum absolute atomic E-state index is 0.0552. The Morgan fingerprint density at radius 3 is 2.61 bits per heavy atom. The summed E-state index contributed by atoms with van der Waals surface area (Å²) in [6.07, 6.45) is 4.18. The Balaban J connectivity index is 1.39. The number of amides is 1. The van der Waals surface area contributed by atoms with Gasteiger partial charge in [0, 0.05) is 41.9 Å². The highest BCUT2D eigenvalue weighted by atomic mass is 16.5. The molecule has 0 unspecified atom stereocenters. The number of methoxy groups -OCH3 is 2. The topological polar surface area (TPSA) is 92.6 Å². The predicted octanol–water partition coefficient (Wildman–Crippen LogP) is 2.99. The normalized spacial score (nSPS) is 11.1. The number of aromatic amines is 1. The molecule has 0 radical (unpaired) electrons. The summed E-state index contributed by atoms with van der Waals surface area (Å²) in [7, 11) is 5.23. The molecule has 7 nitrogen and oxygen atoms in total. The number of anilines is 1. The van der Waals surface area contributed by atoms with Crippen LogP contribution in [0.3, 0.4) is 0 Å². The van der Waals surface area contributed by atoms with Gasteiger partial charge in [-0.25, -0.2) is 0 Å². The molecule has 3 rings (SSSR count). The molecular weight excluding hydrogens is 392 g/mol. The van der Waals surface area contributed by atoms with Gasteiger partial charge in [-0.1, -0.05) is 18.2 Å². The molecule has 31 heavy (non-hydrogen) atoms. The first-order valence-corrected chi connectivity index (χ1v) is 10.5. The van der Waals surface area contributed by atoms with Crippen molar-refractivity contribution in [1.82, 2.24) is 15.2 Å². The van der Waals surface area contributed by atoms with Crippen LogP contribution in [0.4, 0.5) is 5.69 Å². The van der Waals surface area contributed by atoms with Gasteiger partial charge in [0.1, 0.15) is 0 Å². The standard InChI is InChI=1S/C24H32N4O3/c1-28(12-9-17-16-27-21-8-5-4-7-19(17)21)11-6-10-26-24(29)14-18-13-22(30-2)23(31-3)15-20(18)25/h4-5,7-8,13,15-16,27H,6,9-12,14,25H2,1-3H3,(H,26,29).